The third-order valence-corrected chi connectivity index (χ3v) is 7.37. The van der Waals surface area contributed by atoms with Gasteiger partial charge >= 0.3 is 12.1 Å². The number of aryl methyl sites for hydroxylation is 2. The van der Waals surface area contributed by atoms with Crippen LogP contribution in [0, 0.1) is 6.92 Å². The average molecular weight is 599 g/mol. The van der Waals surface area contributed by atoms with Gasteiger partial charge in [0.15, 0.2) is 5.58 Å². The molecule has 230 valence electrons. The van der Waals surface area contributed by atoms with Crippen LogP contribution in [0.25, 0.3) is 11.1 Å². The van der Waals surface area contributed by atoms with Gasteiger partial charge in [-0.05, 0) is 87.1 Å². The molecule has 10 heteroatoms. The molecule has 0 fully saturated rings. The lowest BCUT2D eigenvalue weighted by molar-refractivity contribution is -0.143. The summed E-state index contributed by atoms with van der Waals surface area (Å²) in [4.78, 5) is 44.7. The SMILES string of the molecule is COC(=O)[C@H](Cc1ccc2c(c1)CCCN2C(=O)Cc1ccc2nc(Nc3ccccc3C)oc2c1)NC(=O)OC(C)(C)C. The van der Waals surface area contributed by atoms with Crippen LogP contribution in [0.4, 0.5) is 22.2 Å². The Balaban J connectivity index is 1.27. The Kier molecular flexibility index (Phi) is 8.89. The van der Waals surface area contributed by atoms with Crippen molar-refractivity contribution >= 4 is 46.5 Å². The van der Waals surface area contributed by atoms with Crippen molar-refractivity contribution in [2.45, 2.75) is 65.0 Å². The largest absolute Gasteiger partial charge is 0.467 e. The maximum atomic E-state index is 13.5. The fraction of sp³-hybridized carbons (Fsp3) is 0.353. The molecule has 0 bridgehead atoms. The predicted molar refractivity (Wildman–Crippen MR) is 168 cm³/mol. The molecule has 1 aromatic heterocycles. The van der Waals surface area contributed by atoms with Crippen molar-refractivity contribution in [1.82, 2.24) is 10.3 Å². The van der Waals surface area contributed by atoms with Crippen LogP contribution in [0.5, 0.6) is 0 Å². The third-order valence-electron chi connectivity index (χ3n) is 7.37. The highest BCUT2D eigenvalue weighted by Gasteiger charge is 2.27. The lowest BCUT2D eigenvalue weighted by atomic mass is 9.96. The maximum Gasteiger partial charge on any atom is 0.408 e. The fourth-order valence-corrected chi connectivity index (χ4v) is 5.29. The fourth-order valence-electron chi connectivity index (χ4n) is 5.29. The molecule has 44 heavy (non-hydrogen) atoms. The number of oxazole rings is 1. The van der Waals surface area contributed by atoms with E-state index in [0.29, 0.717) is 23.7 Å². The van der Waals surface area contributed by atoms with Crippen LogP contribution < -0.4 is 15.5 Å². The summed E-state index contributed by atoms with van der Waals surface area (Å²) < 4.78 is 16.2. The van der Waals surface area contributed by atoms with Gasteiger partial charge in [-0.25, -0.2) is 9.59 Å². The standard InChI is InChI=1S/C34H38N4O6/c1-21-9-6-7-11-25(21)35-32-36-26-14-12-23(19-29(26)43-32)20-30(39)38-16-8-10-24-17-22(13-15-28(24)38)18-27(31(40)42-5)37-33(41)44-34(2,3)4/h6-7,9,11-15,17,19,27H,8,10,16,18,20H2,1-5H3,(H,35,36)(H,37,41)/t27-/m0/s1. The van der Waals surface area contributed by atoms with E-state index in [1.165, 1.54) is 7.11 Å². The number of aromatic nitrogens is 1. The molecule has 0 aliphatic carbocycles. The number of benzene rings is 3. The number of anilines is 3. The van der Waals surface area contributed by atoms with E-state index in [9.17, 15) is 14.4 Å². The molecule has 0 radical (unpaired) electrons. The number of nitrogens with one attached hydrogen (secondary N) is 2. The number of ether oxygens (including phenoxy) is 2. The molecule has 2 amide bonds. The molecule has 1 atom stereocenters. The summed E-state index contributed by atoms with van der Waals surface area (Å²) in [5, 5.41) is 5.84. The highest BCUT2D eigenvalue weighted by atomic mass is 16.6. The summed E-state index contributed by atoms with van der Waals surface area (Å²) in [6.07, 6.45) is 1.36. The Bertz CT molecular complexity index is 1690. The highest BCUT2D eigenvalue weighted by Crippen LogP contribution is 2.30. The number of fused-ring (bicyclic) bond motifs is 2. The second kappa shape index (κ2) is 12.8. The smallest absolute Gasteiger partial charge is 0.408 e. The van der Waals surface area contributed by atoms with Crippen LogP contribution >= 0.6 is 0 Å². The summed E-state index contributed by atoms with van der Waals surface area (Å²) >= 11 is 0. The van der Waals surface area contributed by atoms with E-state index in [0.717, 1.165) is 46.5 Å². The van der Waals surface area contributed by atoms with Crippen LogP contribution in [0.3, 0.4) is 0 Å². The number of para-hydroxylation sites is 1. The van der Waals surface area contributed by atoms with Gasteiger partial charge in [-0.2, -0.15) is 4.98 Å². The van der Waals surface area contributed by atoms with Gasteiger partial charge in [0.2, 0.25) is 5.91 Å². The summed E-state index contributed by atoms with van der Waals surface area (Å²) in [5.74, 6) is -0.581. The molecular formula is C34H38N4O6. The molecule has 0 saturated heterocycles. The quantitative estimate of drug-likeness (QED) is 0.237. The first kappa shape index (κ1) is 30.6. The van der Waals surface area contributed by atoms with Crippen molar-refractivity contribution in [2.24, 2.45) is 0 Å². The number of amides is 2. The summed E-state index contributed by atoms with van der Waals surface area (Å²) in [6, 6.07) is 18.8. The normalized spacial score (nSPS) is 13.6. The zero-order valence-corrected chi connectivity index (χ0v) is 25.7. The van der Waals surface area contributed by atoms with Crippen molar-refractivity contribution in [3.63, 3.8) is 0 Å². The number of esters is 1. The third kappa shape index (κ3) is 7.37. The second-order valence-electron chi connectivity index (χ2n) is 12.0. The summed E-state index contributed by atoms with van der Waals surface area (Å²) in [6.45, 7) is 7.89. The van der Waals surface area contributed by atoms with E-state index in [1.54, 1.807) is 20.8 Å². The van der Waals surface area contributed by atoms with Crippen LogP contribution in [-0.2, 0) is 38.3 Å². The first-order chi connectivity index (χ1) is 21.0. The molecule has 2 N–H and O–H groups in total. The highest BCUT2D eigenvalue weighted by molar-refractivity contribution is 5.96. The number of hydrogen-bond donors (Lipinski definition) is 2. The van der Waals surface area contributed by atoms with Crippen molar-refractivity contribution in [2.75, 3.05) is 23.9 Å². The Morgan fingerprint density at radius 3 is 2.57 bits per heavy atom. The van der Waals surface area contributed by atoms with E-state index >= 15 is 0 Å². The number of rotatable bonds is 8. The van der Waals surface area contributed by atoms with Gasteiger partial charge in [-0.15, -0.1) is 0 Å². The molecule has 0 saturated carbocycles. The molecule has 2 heterocycles. The molecule has 3 aromatic carbocycles. The van der Waals surface area contributed by atoms with Gasteiger partial charge < -0.3 is 29.4 Å². The van der Waals surface area contributed by atoms with E-state index in [1.807, 2.05) is 72.5 Å². The van der Waals surface area contributed by atoms with E-state index < -0.39 is 23.7 Å². The molecule has 5 rings (SSSR count). The molecule has 0 spiro atoms. The lowest BCUT2D eigenvalue weighted by Gasteiger charge is -2.30. The molecule has 4 aromatic rings. The van der Waals surface area contributed by atoms with Gasteiger partial charge in [-0.1, -0.05) is 36.4 Å². The summed E-state index contributed by atoms with van der Waals surface area (Å²) in [5.41, 5.74) is 6.15. The number of hydrogen-bond acceptors (Lipinski definition) is 8. The maximum absolute atomic E-state index is 13.5. The number of methoxy groups -OCH3 is 1. The average Bonchev–Trinajstić information content (AvgIpc) is 3.37. The second-order valence-corrected chi connectivity index (χ2v) is 12.0. The number of carbonyl (C=O) groups is 3. The zero-order chi connectivity index (χ0) is 31.4. The lowest BCUT2D eigenvalue weighted by Crippen LogP contribution is -2.45. The van der Waals surface area contributed by atoms with E-state index in [2.05, 4.69) is 15.6 Å². The number of alkyl carbamates (subject to hydrolysis) is 1. The van der Waals surface area contributed by atoms with Crippen LogP contribution in [-0.4, -0.2) is 48.3 Å². The van der Waals surface area contributed by atoms with Gasteiger partial charge in [-0.3, -0.25) is 4.79 Å². The topological polar surface area (TPSA) is 123 Å². The minimum absolute atomic E-state index is 0.0187. The Labute approximate surface area is 256 Å². The summed E-state index contributed by atoms with van der Waals surface area (Å²) in [7, 11) is 1.28. The van der Waals surface area contributed by atoms with E-state index in [4.69, 9.17) is 13.9 Å². The van der Waals surface area contributed by atoms with Crippen LogP contribution in [0.2, 0.25) is 0 Å². The molecular weight excluding hydrogens is 560 g/mol. The molecule has 0 unspecified atom stereocenters. The Morgan fingerprint density at radius 1 is 1.05 bits per heavy atom. The van der Waals surface area contributed by atoms with Crippen molar-refractivity contribution in [1.29, 1.82) is 0 Å². The first-order valence-electron chi connectivity index (χ1n) is 14.7. The van der Waals surface area contributed by atoms with Gasteiger partial charge in [0.1, 0.15) is 17.2 Å². The van der Waals surface area contributed by atoms with Crippen molar-refractivity contribution in [3.8, 4) is 0 Å². The predicted octanol–water partition coefficient (Wildman–Crippen LogP) is 6.01. The van der Waals surface area contributed by atoms with Crippen LogP contribution in [0.15, 0.2) is 65.1 Å². The van der Waals surface area contributed by atoms with Gasteiger partial charge in [0.25, 0.3) is 6.01 Å². The van der Waals surface area contributed by atoms with Gasteiger partial charge in [0, 0.05) is 24.3 Å². The molecule has 1 aliphatic rings. The minimum Gasteiger partial charge on any atom is -0.467 e. The first-order valence-corrected chi connectivity index (χ1v) is 14.7. The Morgan fingerprint density at radius 2 is 1.82 bits per heavy atom. The van der Waals surface area contributed by atoms with Crippen molar-refractivity contribution in [3.05, 3.63) is 82.9 Å². The minimum atomic E-state index is -0.910. The Hall–Kier alpha value is -4.86. The van der Waals surface area contributed by atoms with Gasteiger partial charge in [0.05, 0.1) is 13.5 Å². The van der Waals surface area contributed by atoms with Crippen LogP contribution in [0.1, 0.15) is 49.4 Å². The van der Waals surface area contributed by atoms with Crippen molar-refractivity contribution < 1.29 is 28.3 Å². The zero-order valence-electron chi connectivity index (χ0n) is 25.7. The monoisotopic (exact) mass is 598 g/mol. The number of carbonyl (C=O) groups excluding carboxylic acids is 3. The number of nitrogens with zero attached hydrogens (tertiary/aromatic N) is 2. The molecule has 10 nitrogen and oxygen atoms in total. The molecule has 1 aliphatic heterocycles. The van der Waals surface area contributed by atoms with E-state index in [-0.39, 0.29) is 18.7 Å².